The van der Waals surface area contributed by atoms with Crippen LogP contribution < -0.4 is 10.6 Å². The second kappa shape index (κ2) is 8.02. The van der Waals surface area contributed by atoms with Gasteiger partial charge in [-0.2, -0.15) is 0 Å². The predicted molar refractivity (Wildman–Crippen MR) is 87.5 cm³/mol. The van der Waals surface area contributed by atoms with Crippen LogP contribution in [0.5, 0.6) is 0 Å². The van der Waals surface area contributed by atoms with Crippen molar-refractivity contribution in [1.29, 1.82) is 0 Å². The monoisotopic (exact) mass is 298 g/mol. The van der Waals surface area contributed by atoms with E-state index in [1.165, 1.54) is 25.7 Å². The molecule has 2 N–H and O–H groups in total. The average Bonchev–Trinajstić information content (AvgIpc) is 2.85. The minimum Gasteiger partial charge on any atom is -0.444 e. The maximum Gasteiger partial charge on any atom is 0.407 e. The van der Waals surface area contributed by atoms with E-state index in [0.717, 1.165) is 25.3 Å². The Bertz CT molecular complexity index is 313. The van der Waals surface area contributed by atoms with E-state index in [-0.39, 0.29) is 11.6 Å². The molecule has 1 saturated carbocycles. The van der Waals surface area contributed by atoms with Crippen molar-refractivity contribution in [3.8, 4) is 0 Å². The van der Waals surface area contributed by atoms with Crippen LogP contribution in [0.2, 0.25) is 0 Å². The Morgan fingerprint density at radius 2 is 1.76 bits per heavy atom. The molecule has 21 heavy (non-hydrogen) atoms. The first-order chi connectivity index (χ1) is 9.80. The molecular formula is C17H34N2O2. The van der Waals surface area contributed by atoms with E-state index in [1.807, 2.05) is 20.8 Å². The van der Waals surface area contributed by atoms with Crippen LogP contribution >= 0.6 is 0 Å². The average molecular weight is 298 g/mol. The summed E-state index contributed by atoms with van der Waals surface area (Å²) < 4.78 is 5.33. The highest BCUT2D eigenvalue weighted by molar-refractivity contribution is 5.67. The summed E-state index contributed by atoms with van der Waals surface area (Å²) in [5.41, 5.74) is -0.366. The fourth-order valence-corrected chi connectivity index (χ4v) is 2.96. The molecule has 0 unspecified atom stereocenters. The highest BCUT2D eigenvalue weighted by Crippen LogP contribution is 2.29. The lowest BCUT2D eigenvalue weighted by Crippen LogP contribution is -2.53. The van der Waals surface area contributed by atoms with Gasteiger partial charge < -0.3 is 15.4 Å². The Hall–Kier alpha value is -0.770. The molecule has 1 fully saturated rings. The first-order valence-electron chi connectivity index (χ1n) is 8.52. The maximum absolute atomic E-state index is 11.8. The fraction of sp³-hybridized carbons (Fsp3) is 0.941. The molecule has 4 heteroatoms. The Morgan fingerprint density at radius 1 is 1.19 bits per heavy atom. The van der Waals surface area contributed by atoms with Crippen LogP contribution in [0.4, 0.5) is 4.79 Å². The summed E-state index contributed by atoms with van der Waals surface area (Å²) in [6.45, 7) is 11.9. The molecule has 0 aliphatic heterocycles. The zero-order valence-corrected chi connectivity index (χ0v) is 14.6. The van der Waals surface area contributed by atoms with Gasteiger partial charge in [0.05, 0.1) is 0 Å². The molecule has 0 saturated heterocycles. The van der Waals surface area contributed by atoms with Crippen LogP contribution in [-0.4, -0.2) is 30.3 Å². The Kier molecular flexibility index (Phi) is 6.98. The van der Waals surface area contributed by atoms with E-state index in [1.54, 1.807) is 0 Å². The smallest absolute Gasteiger partial charge is 0.407 e. The molecule has 1 amide bonds. The predicted octanol–water partition coefficient (Wildman–Crippen LogP) is 3.85. The largest absolute Gasteiger partial charge is 0.444 e. The van der Waals surface area contributed by atoms with Crippen molar-refractivity contribution in [2.75, 3.05) is 13.1 Å². The zero-order chi connectivity index (χ0) is 15.9. The molecule has 124 valence electrons. The van der Waals surface area contributed by atoms with E-state index < -0.39 is 5.60 Å². The van der Waals surface area contributed by atoms with Gasteiger partial charge in [0.15, 0.2) is 0 Å². The van der Waals surface area contributed by atoms with Crippen LogP contribution in [-0.2, 0) is 4.74 Å². The number of nitrogens with one attached hydrogen (secondary N) is 2. The summed E-state index contributed by atoms with van der Waals surface area (Å²) >= 11 is 0. The second-order valence-corrected chi connectivity index (χ2v) is 7.41. The quantitative estimate of drug-likeness (QED) is 0.750. The summed E-state index contributed by atoms with van der Waals surface area (Å²) in [5, 5.41) is 6.70. The molecule has 0 aromatic rings. The van der Waals surface area contributed by atoms with Gasteiger partial charge in [0.1, 0.15) is 5.60 Å². The molecule has 0 atom stereocenters. The molecular weight excluding hydrogens is 264 g/mol. The van der Waals surface area contributed by atoms with E-state index in [0.29, 0.717) is 6.54 Å². The lowest BCUT2D eigenvalue weighted by molar-refractivity contribution is 0.0509. The normalized spacial score (nSPS) is 18.0. The Labute approximate surface area is 130 Å². The Morgan fingerprint density at radius 3 is 2.24 bits per heavy atom. The number of carbonyl (C=O) groups is 1. The van der Waals surface area contributed by atoms with Crippen LogP contribution in [0.25, 0.3) is 0 Å². The van der Waals surface area contributed by atoms with E-state index in [4.69, 9.17) is 4.74 Å². The van der Waals surface area contributed by atoms with Gasteiger partial charge in [-0.25, -0.2) is 4.79 Å². The number of ether oxygens (including phenoxy) is 1. The summed E-state index contributed by atoms with van der Waals surface area (Å²) in [5.74, 6) is 0.726. The van der Waals surface area contributed by atoms with Crippen LogP contribution in [0.1, 0.15) is 73.1 Å². The van der Waals surface area contributed by atoms with Crippen molar-refractivity contribution in [2.24, 2.45) is 5.92 Å². The van der Waals surface area contributed by atoms with Crippen molar-refractivity contribution < 1.29 is 9.53 Å². The van der Waals surface area contributed by atoms with Gasteiger partial charge in [0.25, 0.3) is 0 Å². The second-order valence-electron chi connectivity index (χ2n) is 7.41. The van der Waals surface area contributed by atoms with Gasteiger partial charge in [-0.15, -0.1) is 0 Å². The molecule has 0 aromatic heterocycles. The number of carbonyl (C=O) groups excluding carboxylic acids is 1. The van der Waals surface area contributed by atoms with Gasteiger partial charge in [-0.05, 0) is 46.1 Å². The molecule has 0 radical (unpaired) electrons. The number of hydrogen-bond acceptors (Lipinski definition) is 3. The Balaban J connectivity index is 2.47. The summed E-state index contributed by atoms with van der Waals surface area (Å²) in [4.78, 5) is 11.8. The topological polar surface area (TPSA) is 50.4 Å². The van der Waals surface area contributed by atoms with Crippen molar-refractivity contribution >= 4 is 6.09 Å². The van der Waals surface area contributed by atoms with Gasteiger partial charge in [0, 0.05) is 12.1 Å². The summed E-state index contributed by atoms with van der Waals surface area (Å²) in [6.07, 6.45) is 6.88. The molecule has 1 aliphatic rings. The number of hydrogen-bond donors (Lipinski definition) is 2. The van der Waals surface area contributed by atoms with Crippen molar-refractivity contribution in [1.82, 2.24) is 10.6 Å². The van der Waals surface area contributed by atoms with E-state index >= 15 is 0 Å². The standard InChI is InChI=1S/C17H34N2O2/c1-6-14(7-2)12-19-17(10-8-9-11-17)13-18-15(20)21-16(3,4)5/h14,19H,6-13H2,1-5H3,(H,18,20). The number of rotatable bonds is 7. The first kappa shape index (κ1) is 18.3. The van der Waals surface area contributed by atoms with Crippen LogP contribution in [0.3, 0.4) is 0 Å². The van der Waals surface area contributed by atoms with Crippen molar-refractivity contribution in [2.45, 2.75) is 84.3 Å². The maximum atomic E-state index is 11.8. The third kappa shape index (κ3) is 6.68. The minimum absolute atomic E-state index is 0.0689. The van der Waals surface area contributed by atoms with Crippen LogP contribution in [0.15, 0.2) is 0 Å². The van der Waals surface area contributed by atoms with E-state index in [2.05, 4.69) is 24.5 Å². The molecule has 0 aromatic carbocycles. The molecule has 0 spiro atoms. The summed E-state index contributed by atoms with van der Waals surface area (Å²) in [6, 6.07) is 0. The SMILES string of the molecule is CCC(CC)CNC1(CNC(=O)OC(C)(C)C)CCCC1. The number of amides is 1. The molecule has 1 rings (SSSR count). The van der Waals surface area contributed by atoms with Crippen molar-refractivity contribution in [3.05, 3.63) is 0 Å². The van der Waals surface area contributed by atoms with Crippen LogP contribution in [0, 0.1) is 5.92 Å². The highest BCUT2D eigenvalue weighted by atomic mass is 16.6. The molecule has 0 bridgehead atoms. The van der Waals surface area contributed by atoms with Gasteiger partial charge in [-0.1, -0.05) is 39.5 Å². The molecule has 0 heterocycles. The van der Waals surface area contributed by atoms with Gasteiger partial charge >= 0.3 is 6.09 Å². The first-order valence-corrected chi connectivity index (χ1v) is 8.52. The highest BCUT2D eigenvalue weighted by Gasteiger charge is 2.34. The number of alkyl carbamates (subject to hydrolysis) is 1. The minimum atomic E-state index is -0.435. The van der Waals surface area contributed by atoms with E-state index in [9.17, 15) is 4.79 Å². The third-order valence-corrected chi connectivity index (χ3v) is 4.45. The molecule has 1 aliphatic carbocycles. The zero-order valence-electron chi connectivity index (χ0n) is 14.6. The summed E-state index contributed by atoms with van der Waals surface area (Å²) in [7, 11) is 0. The lowest BCUT2D eigenvalue weighted by atomic mass is 9.95. The third-order valence-electron chi connectivity index (χ3n) is 4.45. The van der Waals surface area contributed by atoms with Crippen molar-refractivity contribution in [3.63, 3.8) is 0 Å². The van der Waals surface area contributed by atoms with Gasteiger partial charge in [-0.3, -0.25) is 0 Å². The fourth-order valence-electron chi connectivity index (χ4n) is 2.96. The molecule has 4 nitrogen and oxygen atoms in total. The van der Waals surface area contributed by atoms with Gasteiger partial charge in [0.2, 0.25) is 0 Å². The lowest BCUT2D eigenvalue weighted by Gasteiger charge is -2.33.